The van der Waals surface area contributed by atoms with Gasteiger partial charge < -0.3 is 14.5 Å². The molecule has 1 radical (unpaired) electrons. The molecule has 0 bridgehead atoms. The van der Waals surface area contributed by atoms with E-state index in [1.807, 2.05) is 35.4 Å². The zero-order chi connectivity index (χ0) is 20.1. The van der Waals surface area contributed by atoms with E-state index in [0.717, 1.165) is 63.2 Å². The molecule has 0 atom stereocenters. The summed E-state index contributed by atoms with van der Waals surface area (Å²) in [6, 6.07) is 12.2. The molecular weight excluding hydrogens is 362 g/mol. The number of piperidine rings is 1. The number of pyridine rings is 1. The van der Waals surface area contributed by atoms with Crippen LogP contribution in [0.2, 0.25) is 0 Å². The average molecular weight is 393 g/mol. The van der Waals surface area contributed by atoms with Gasteiger partial charge in [0.2, 0.25) is 5.91 Å². The highest BCUT2D eigenvalue weighted by molar-refractivity contribution is 5.85. The van der Waals surface area contributed by atoms with Gasteiger partial charge in [0.25, 0.3) is 0 Å². The fourth-order valence-corrected chi connectivity index (χ4v) is 4.61. The van der Waals surface area contributed by atoms with Crippen LogP contribution in [0.4, 0.5) is 0 Å². The summed E-state index contributed by atoms with van der Waals surface area (Å²) in [5.41, 5.74) is 2.19. The van der Waals surface area contributed by atoms with Crippen LogP contribution in [0.3, 0.4) is 0 Å². The molecule has 1 aromatic carbocycles. The molecule has 5 nitrogen and oxygen atoms in total. The fraction of sp³-hybridized carbons (Fsp3) is 0.458. The highest BCUT2D eigenvalue weighted by Crippen LogP contribution is 2.42. The van der Waals surface area contributed by atoms with Gasteiger partial charge in [0.1, 0.15) is 5.75 Å². The lowest BCUT2D eigenvalue weighted by Crippen LogP contribution is -2.44. The minimum Gasteiger partial charge on any atom is -0.497 e. The van der Waals surface area contributed by atoms with E-state index in [2.05, 4.69) is 28.4 Å². The summed E-state index contributed by atoms with van der Waals surface area (Å²) in [5.74, 6) is 1.25. The molecule has 153 valence electrons. The predicted octanol–water partition coefficient (Wildman–Crippen LogP) is 3.55. The van der Waals surface area contributed by atoms with Gasteiger partial charge in [-0.3, -0.25) is 9.78 Å². The average Bonchev–Trinajstić information content (AvgIpc) is 3.06. The summed E-state index contributed by atoms with van der Waals surface area (Å²) >= 11 is 0. The number of rotatable bonds is 7. The van der Waals surface area contributed by atoms with E-state index < -0.39 is 0 Å². The molecule has 1 aromatic heterocycles. The topological polar surface area (TPSA) is 45.7 Å². The number of methoxy groups -OCH3 is 1. The van der Waals surface area contributed by atoms with E-state index in [1.54, 1.807) is 13.3 Å². The van der Waals surface area contributed by atoms with Gasteiger partial charge in [-0.1, -0.05) is 18.2 Å². The van der Waals surface area contributed by atoms with Crippen molar-refractivity contribution in [1.29, 1.82) is 0 Å². The molecule has 1 spiro atoms. The molecule has 2 saturated heterocycles. The van der Waals surface area contributed by atoms with E-state index in [4.69, 9.17) is 4.74 Å². The van der Waals surface area contributed by atoms with E-state index in [-0.39, 0.29) is 5.41 Å². The van der Waals surface area contributed by atoms with Crippen LogP contribution in [0.5, 0.6) is 5.75 Å². The number of amides is 1. The molecule has 0 N–H and O–H groups in total. The fourth-order valence-electron chi connectivity index (χ4n) is 4.61. The number of likely N-dealkylation sites (tertiary alicyclic amines) is 2. The van der Waals surface area contributed by atoms with Crippen LogP contribution < -0.4 is 4.74 Å². The molecule has 2 aliphatic rings. The summed E-state index contributed by atoms with van der Waals surface area (Å²) in [4.78, 5) is 21.8. The van der Waals surface area contributed by atoms with Crippen molar-refractivity contribution < 1.29 is 9.53 Å². The second-order valence-electron chi connectivity index (χ2n) is 8.23. The monoisotopic (exact) mass is 392 g/mol. The number of hydrogen-bond donors (Lipinski definition) is 0. The molecule has 2 fully saturated rings. The van der Waals surface area contributed by atoms with E-state index in [9.17, 15) is 4.79 Å². The van der Waals surface area contributed by atoms with Crippen molar-refractivity contribution in [2.24, 2.45) is 5.41 Å². The van der Waals surface area contributed by atoms with Crippen LogP contribution in [-0.2, 0) is 11.3 Å². The third-order valence-corrected chi connectivity index (χ3v) is 6.43. The Labute approximate surface area is 173 Å². The van der Waals surface area contributed by atoms with Crippen molar-refractivity contribution in [3.05, 3.63) is 66.3 Å². The van der Waals surface area contributed by atoms with Crippen molar-refractivity contribution >= 4 is 5.91 Å². The highest BCUT2D eigenvalue weighted by atomic mass is 16.5. The lowest BCUT2D eigenvalue weighted by molar-refractivity contribution is -0.138. The maximum Gasteiger partial charge on any atom is 0.229 e. The SMILES string of the molecule is COc1cccc([CH]CCN2CCC3(CC2)CCN(Cc2cccnc2)C3=O)c1. The Morgan fingerprint density at radius 1 is 1.14 bits per heavy atom. The maximum absolute atomic E-state index is 13.1. The number of carbonyl (C=O) groups is 1. The van der Waals surface area contributed by atoms with E-state index in [0.29, 0.717) is 12.5 Å². The lowest BCUT2D eigenvalue weighted by atomic mass is 9.77. The van der Waals surface area contributed by atoms with Crippen molar-refractivity contribution in [3.8, 4) is 5.75 Å². The summed E-state index contributed by atoms with van der Waals surface area (Å²) in [7, 11) is 1.70. The van der Waals surface area contributed by atoms with Gasteiger partial charge >= 0.3 is 0 Å². The van der Waals surface area contributed by atoms with Crippen molar-refractivity contribution in [1.82, 2.24) is 14.8 Å². The van der Waals surface area contributed by atoms with Crippen molar-refractivity contribution in [3.63, 3.8) is 0 Å². The second-order valence-corrected chi connectivity index (χ2v) is 8.23. The number of hydrogen-bond acceptors (Lipinski definition) is 4. The Kier molecular flexibility index (Phi) is 6.14. The largest absolute Gasteiger partial charge is 0.497 e. The molecule has 2 aliphatic heterocycles. The third kappa shape index (κ3) is 4.61. The Morgan fingerprint density at radius 2 is 1.97 bits per heavy atom. The molecule has 29 heavy (non-hydrogen) atoms. The quantitative estimate of drug-likeness (QED) is 0.723. The molecule has 4 rings (SSSR count). The summed E-state index contributed by atoms with van der Waals surface area (Å²) in [6.45, 7) is 4.63. The number of ether oxygens (including phenoxy) is 1. The maximum atomic E-state index is 13.1. The van der Waals surface area contributed by atoms with Crippen LogP contribution in [0, 0.1) is 11.8 Å². The van der Waals surface area contributed by atoms with Crippen molar-refractivity contribution in [2.45, 2.75) is 32.2 Å². The van der Waals surface area contributed by atoms with Gasteiger partial charge in [0, 0.05) is 25.5 Å². The Bertz CT molecular complexity index is 816. The standard InChI is InChI=1S/C24H30N3O2/c1-29-22-8-2-5-20(17-22)7-4-13-26-14-9-24(10-15-26)11-16-27(23(24)28)19-21-6-3-12-25-18-21/h2-3,5-8,12,17-18H,4,9-11,13-16,19H2,1H3. The third-order valence-electron chi connectivity index (χ3n) is 6.43. The summed E-state index contributed by atoms with van der Waals surface area (Å²) < 4.78 is 5.29. The smallest absolute Gasteiger partial charge is 0.229 e. The molecule has 0 aliphatic carbocycles. The minimum atomic E-state index is -0.130. The first kappa shape index (κ1) is 19.9. The van der Waals surface area contributed by atoms with Gasteiger partial charge in [-0.15, -0.1) is 0 Å². The second kappa shape index (κ2) is 8.95. The van der Waals surface area contributed by atoms with Crippen LogP contribution in [0.1, 0.15) is 36.8 Å². The Balaban J connectivity index is 1.24. The van der Waals surface area contributed by atoms with Gasteiger partial charge in [0.05, 0.1) is 12.5 Å². The molecule has 0 saturated carbocycles. The number of benzene rings is 1. The summed E-state index contributed by atoms with van der Waals surface area (Å²) in [6.07, 6.45) is 9.88. The number of aromatic nitrogens is 1. The van der Waals surface area contributed by atoms with Crippen LogP contribution >= 0.6 is 0 Å². The molecular formula is C24H30N3O2. The molecule has 0 unspecified atom stereocenters. The normalized spacial score (nSPS) is 19.1. The van der Waals surface area contributed by atoms with Crippen LogP contribution in [-0.4, -0.2) is 54.0 Å². The lowest BCUT2D eigenvalue weighted by Gasteiger charge is -2.38. The zero-order valence-electron chi connectivity index (χ0n) is 17.2. The first-order valence-corrected chi connectivity index (χ1v) is 10.6. The van der Waals surface area contributed by atoms with Gasteiger partial charge in [-0.25, -0.2) is 0 Å². The van der Waals surface area contributed by atoms with Crippen LogP contribution in [0.15, 0.2) is 48.8 Å². The zero-order valence-corrected chi connectivity index (χ0v) is 17.2. The minimum absolute atomic E-state index is 0.130. The van der Waals surface area contributed by atoms with E-state index >= 15 is 0 Å². The van der Waals surface area contributed by atoms with Gasteiger partial charge in [0.15, 0.2) is 0 Å². The Morgan fingerprint density at radius 3 is 2.72 bits per heavy atom. The van der Waals surface area contributed by atoms with E-state index in [1.165, 1.54) is 5.56 Å². The van der Waals surface area contributed by atoms with Gasteiger partial charge in [-0.2, -0.15) is 0 Å². The highest BCUT2D eigenvalue weighted by Gasteiger charge is 2.47. The number of carbonyl (C=O) groups excluding carboxylic acids is 1. The number of nitrogens with zero attached hydrogens (tertiary/aromatic N) is 3. The predicted molar refractivity (Wildman–Crippen MR) is 113 cm³/mol. The molecule has 5 heteroatoms. The molecule has 2 aromatic rings. The van der Waals surface area contributed by atoms with Crippen molar-refractivity contribution in [2.75, 3.05) is 33.3 Å². The van der Waals surface area contributed by atoms with Gasteiger partial charge in [-0.05, 0) is 81.1 Å². The van der Waals surface area contributed by atoms with Crippen LogP contribution in [0.25, 0.3) is 0 Å². The first-order chi connectivity index (χ1) is 14.2. The molecule has 3 heterocycles. The summed E-state index contributed by atoms with van der Waals surface area (Å²) in [5, 5.41) is 0. The Hall–Kier alpha value is -2.40. The molecule has 1 amide bonds. The first-order valence-electron chi connectivity index (χ1n) is 10.6.